The molecule has 2 aliphatic heterocycles. The third-order valence-electron chi connectivity index (χ3n) is 4.38. The second-order valence-corrected chi connectivity index (χ2v) is 6.81. The van der Waals surface area contributed by atoms with Crippen molar-refractivity contribution in [3.05, 3.63) is 35.9 Å². The summed E-state index contributed by atoms with van der Waals surface area (Å²) in [4.78, 5) is 5.85. The van der Waals surface area contributed by atoms with Gasteiger partial charge in [0.05, 0.1) is 24.9 Å². The molecule has 3 atom stereocenters. The van der Waals surface area contributed by atoms with E-state index in [2.05, 4.69) is 12.1 Å². The first-order chi connectivity index (χ1) is 10.4. The zero-order valence-electron chi connectivity index (χ0n) is 13.5. The van der Waals surface area contributed by atoms with Crippen LogP contribution in [0, 0.1) is 0 Å². The molecule has 122 valence electrons. The third kappa shape index (κ3) is 3.34. The van der Waals surface area contributed by atoms with E-state index in [9.17, 15) is 5.11 Å². The number of hydrogen-bond donors (Lipinski definition) is 1. The highest BCUT2D eigenvalue weighted by Crippen LogP contribution is 2.35. The molecule has 22 heavy (non-hydrogen) atoms. The molecule has 1 aromatic rings. The Morgan fingerprint density at radius 3 is 2.59 bits per heavy atom. The molecule has 0 bridgehead atoms. The maximum Gasteiger partial charge on any atom is 0.163 e. The summed E-state index contributed by atoms with van der Waals surface area (Å²) in [7, 11) is 0. The van der Waals surface area contributed by atoms with Crippen molar-refractivity contribution in [1.82, 2.24) is 5.06 Å². The molecule has 3 rings (SSSR count). The van der Waals surface area contributed by atoms with Crippen molar-refractivity contribution in [1.29, 1.82) is 0 Å². The normalized spacial score (nSPS) is 35.6. The Hall–Kier alpha value is -0.980. The predicted molar refractivity (Wildman–Crippen MR) is 81.9 cm³/mol. The van der Waals surface area contributed by atoms with Crippen LogP contribution >= 0.6 is 0 Å². The second kappa shape index (κ2) is 5.91. The minimum atomic E-state index is -0.874. The molecule has 2 aliphatic rings. The summed E-state index contributed by atoms with van der Waals surface area (Å²) in [6.07, 6.45) is 0.373. The molecule has 1 aromatic carbocycles. The molecule has 1 N–H and O–H groups in total. The summed E-state index contributed by atoms with van der Waals surface area (Å²) in [6, 6.07) is 9.85. The monoisotopic (exact) mass is 307 g/mol. The predicted octanol–water partition coefficient (Wildman–Crippen LogP) is 2.10. The lowest BCUT2D eigenvalue weighted by Crippen LogP contribution is -2.61. The highest BCUT2D eigenvalue weighted by atomic mass is 16.7. The maximum atomic E-state index is 10.9. The molecule has 0 radical (unpaired) electrons. The minimum absolute atomic E-state index is 0.214. The highest BCUT2D eigenvalue weighted by molar-refractivity contribution is 5.15. The van der Waals surface area contributed by atoms with E-state index in [4.69, 9.17) is 14.3 Å². The largest absolute Gasteiger partial charge is 0.388 e. The van der Waals surface area contributed by atoms with Crippen molar-refractivity contribution in [2.24, 2.45) is 0 Å². The number of hydroxylamine groups is 2. The van der Waals surface area contributed by atoms with E-state index >= 15 is 0 Å². The Bertz CT molecular complexity index is 503. The molecule has 0 aromatic heterocycles. The first-order valence-electron chi connectivity index (χ1n) is 7.85. The first-order valence-corrected chi connectivity index (χ1v) is 7.85. The van der Waals surface area contributed by atoms with E-state index in [-0.39, 0.29) is 12.1 Å². The Morgan fingerprint density at radius 1 is 1.23 bits per heavy atom. The van der Waals surface area contributed by atoms with E-state index in [1.54, 1.807) is 0 Å². The lowest BCUT2D eigenvalue weighted by Gasteiger charge is -2.46. The molecule has 5 heteroatoms. The lowest BCUT2D eigenvalue weighted by atomic mass is 9.87. The van der Waals surface area contributed by atoms with Crippen LogP contribution in [0.15, 0.2) is 30.3 Å². The molecule has 0 saturated carbocycles. The van der Waals surface area contributed by atoms with Gasteiger partial charge in [-0.3, -0.25) is 4.84 Å². The average molecular weight is 307 g/mol. The molecule has 0 spiro atoms. The number of aliphatic hydroxyl groups is 1. The molecule has 0 unspecified atom stereocenters. The van der Waals surface area contributed by atoms with Gasteiger partial charge in [0.25, 0.3) is 0 Å². The molecule has 2 heterocycles. The van der Waals surface area contributed by atoms with E-state index in [0.717, 1.165) is 5.56 Å². The van der Waals surface area contributed by atoms with Crippen LogP contribution < -0.4 is 0 Å². The Balaban J connectivity index is 1.80. The van der Waals surface area contributed by atoms with Gasteiger partial charge in [-0.2, -0.15) is 5.06 Å². The first kappa shape index (κ1) is 15.9. The Morgan fingerprint density at radius 2 is 1.95 bits per heavy atom. The minimum Gasteiger partial charge on any atom is -0.388 e. The van der Waals surface area contributed by atoms with Gasteiger partial charge in [0, 0.05) is 13.0 Å². The molecular formula is C17H25NO4. The standard InChI is InChI=1S/C17H25NO4/c1-16(2)20-12-14(22-16)15-17(3,19)9-10-21-18(15)11-13-7-5-4-6-8-13/h4-8,14-15,19H,9-12H2,1-3H3/t14-,15+,17+/m1/s1. The molecule has 0 amide bonds. The molecule has 5 nitrogen and oxygen atoms in total. The van der Waals surface area contributed by atoms with Gasteiger partial charge in [-0.15, -0.1) is 0 Å². The summed E-state index contributed by atoms with van der Waals surface area (Å²) in [5, 5.41) is 12.7. The Labute approximate surface area is 131 Å². The molecule has 0 aliphatic carbocycles. The van der Waals surface area contributed by atoms with E-state index in [0.29, 0.717) is 26.2 Å². The van der Waals surface area contributed by atoms with Crippen LogP contribution in [0.2, 0.25) is 0 Å². The van der Waals surface area contributed by atoms with Crippen molar-refractivity contribution in [3.63, 3.8) is 0 Å². The van der Waals surface area contributed by atoms with Crippen LogP contribution in [0.5, 0.6) is 0 Å². The van der Waals surface area contributed by atoms with Gasteiger partial charge in [0.1, 0.15) is 6.10 Å². The Kier molecular flexibility index (Phi) is 4.27. The number of hydrogen-bond acceptors (Lipinski definition) is 5. The van der Waals surface area contributed by atoms with E-state index < -0.39 is 11.4 Å². The van der Waals surface area contributed by atoms with Crippen LogP contribution in [0.4, 0.5) is 0 Å². The third-order valence-corrected chi connectivity index (χ3v) is 4.38. The van der Waals surface area contributed by atoms with Gasteiger partial charge in [0.15, 0.2) is 5.79 Å². The van der Waals surface area contributed by atoms with E-state index in [1.807, 2.05) is 44.0 Å². The van der Waals surface area contributed by atoms with Crippen LogP contribution in [0.1, 0.15) is 32.8 Å². The van der Waals surface area contributed by atoms with Gasteiger partial charge in [-0.05, 0) is 26.3 Å². The van der Waals surface area contributed by atoms with Crippen LogP contribution in [-0.4, -0.2) is 46.9 Å². The summed E-state index contributed by atoms with van der Waals surface area (Å²) < 4.78 is 11.7. The smallest absolute Gasteiger partial charge is 0.163 e. The molecule has 2 fully saturated rings. The topological polar surface area (TPSA) is 51.2 Å². The van der Waals surface area contributed by atoms with Gasteiger partial charge in [-0.1, -0.05) is 30.3 Å². The van der Waals surface area contributed by atoms with Crippen molar-refractivity contribution in [3.8, 4) is 0 Å². The fraction of sp³-hybridized carbons (Fsp3) is 0.647. The summed E-state index contributed by atoms with van der Waals surface area (Å²) in [5.74, 6) is -0.614. The number of benzene rings is 1. The van der Waals surface area contributed by atoms with Gasteiger partial charge in [0.2, 0.25) is 0 Å². The zero-order chi connectivity index (χ0) is 15.8. The SMILES string of the molecule is CC1(C)OC[C@H]([C@@H]2N(Cc3ccccc3)OCC[C@]2(C)O)O1. The molecular weight excluding hydrogens is 282 g/mol. The number of rotatable bonds is 3. The van der Waals surface area contributed by atoms with Crippen molar-refractivity contribution >= 4 is 0 Å². The zero-order valence-corrected chi connectivity index (χ0v) is 13.5. The summed E-state index contributed by atoms with van der Waals surface area (Å²) in [5.41, 5.74) is 0.268. The van der Waals surface area contributed by atoms with E-state index in [1.165, 1.54) is 0 Å². The van der Waals surface area contributed by atoms with Gasteiger partial charge in [-0.25, -0.2) is 0 Å². The van der Waals surface area contributed by atoms with Crippen molar-refractivity contribution in [2.75, 3.05) is 13.2 Å². The second-order valence-electron chi connectivity index (χ2n) is 6.81. The van der Waals surface area contributed by atoms with Crippen molar-refractivity contribution in [2.45, 2.75) is 57.3 Å². The fourth-order valence-corrected chi connectivity index (χ4v) is 3.27. The highest BCUT2D eigenvalue weighted by Gasteiger charge is 2.50. The fourth-order valence-electron chi connectivity index (χ4n) is 3.27. The summed E-state index contributed by atoms with van der Waals surface area (Å²) >= 11 is 0. The maximum absolute atomic E-state index is 10.9. The summed E-state index contributed by atoms with van der Waals surface area (Å²) in [6.45, 7) is 7.23. The number of ether oxygens (including phenoxy) is 2. The van der Waals surface area contributed by atoms with Crippen LogP contribution in [0.3, 0.4) is 0 Å². The quantitative estimate of drug-likeness (QED) is 0.927. The van der Waals surface area contributed by atoms with Crippen LogP contribution in [-0.2, 0) is 20.9 Å². The van der Waals surface area contributed by atoms with Crippen molar-refractivity contribution < 1.29 is 19.4 Å². The number of nitrogens with zero attached hydrogens (tertiary/aromatic N) is 1. The van der Waals surface area contributed by atoms with Crippen LogP contribution in [0.25, 0.3) is 0 Å². The molecule has 2 saturated heterocycles. The average Bonchev–Trinajstić information content (AvgIpc) is 2.79. The lowest BCUT2D eigenvalue weighted by molar-refractivity contribution is -0.293. The van der Waals surface area contributed by atoms with Gasteiger partial charge >= 0.3 is 0 Å². The van der Waals surface area contributed by atoms with Gasteiger partial charge < -0.3 is 14.6 Å².